The van der Waals surface area contributed by atoms with E-state index < -0.39 is 0 Å². The number of nitrogens with zero attached hydrogens (tertiary/aromatic N) is 1. The summed E-state index contributed by atoms with van der Waals surface area (Å²) < 4.78 is 0. The number of hydrogen-bond acceptors (Lipinski definition) is 1. The zero-order valence-corrected chi connectivity index (χ0v) is 10.1. The van der Waals surface area contributed by atoms with Gasteiger partial charge in [-0.25, -0.2) is 0 Å². The lowest BCUT2D eigenvalue weighted by Gasteiger charge is -2.35. The van der Waals surface area contributed by atoms with Gasteiger partial charge in [-0.3, -0.25) is 4.79 Å². The second-order valence-corrected chi connectivity index (χ2v) is 4.61. The number of amides is 1. The molecule has 90 valence electrons. The van der Waals surface area contributed by atoms with Crippen molar-refractivity contribution in [1.29, 1.82) is 0 Å². The van der Waals surface area contributed by atoms with Crippen molar-refractivity contribution < 1.29 is 4.79 Å². The van der Waals surface area contributed by atoms with E-state index in [0.29, 0.717) is 0 Å². The quantitative estimate of drug-likeness (QED) is 0.735. The van der Waals surface area contributed by atoms with Crippen LogP contribution in [0.2, 0.25) is 0 Å². The summed E-state index contributed by atoms with van der Waals surface area (Å²) >= 11 is 0. The predicted octanol–water partition coefficient (Wildman–Crippen LogP) is 2.79. The molecule has 3 rings (SSSR count). The van der Waals surface area contributed by atoms with Gasteiger partial charge in [0.1, 0.15) is 0 Å². The molecule has 1 atom stereocenters. The third kappa shape index (κ3) is 1.80. The van der Waals surface area contributed by atoms with Crippen LogP contribution in [0, 0.1) is 0 Å². The van der Waals surface area contributed by atoms with E-state index in [1.165, 1.54) is 16.7 Å². The average molecular weight is 237 g/mol. The van der Waals surface area contributed by atoms with Crippen LogP contribution in [-0.2, 0) is 11.2 Å². The van der Waals surface area contributed by atoms with Gasteiger partial charge in [-0.2, -0.15) is 0 Å². The summed E-state index contributed by atoms with van der Waals surface area (Å²) in [5.74, 6) is 0. The first-order valence-corrected chi connectivity index (χ1v) is 6.24. The molecule has 0 N–H and O–H groups in total. The van der Waals surface area contributed by atoms with Crippen LogP contribution in [0.4, 0.5) is 0 Å². The van der Waals surface area contributed by atoms with Crippen LogP contribution >= 0.6 is 0 Å². The Morgan fingerprint density at radius 3 is 2.50 bits per heavy atom. The highest BCUT2D eigenvalue weighted by Crippen LogP contribution is 2.33. The van der Waals surface area contributed by atoms with Gasteiger partial charge < -0.3 is 4.90 Å². The molecule has 0 bridgehead atoms. The summed E-state index contributed by atoms with van der Waals surface area (Å²) in [6.45, 7) is 0.792. The Labute approximate surface area is 107 Å². The molecule has 1 amide bonds. The van der Waals surface area contributed by atoms with E-state index >= 15 is 0 Å². The van der Waals surface area contributed by atoms with Crippen molar-refractivity contribution in [3.8, 4) is 0 Å². The fourth-order valence-electron chi connectivity index (χ4n) is 2.71. The van der Waals surface area contributed by atoms with Gasteiger partial charge in [0.25, 0.3) is 0 Å². The molecule has 2 aromatic rings. The van der Waals surface area contributed by atoms with Crippen LogP contribution in [0.5, 0.6) is 0 Å². The summed E-state index contributed by atoms with van der Waals surface area (Å²) in [5, 5.41) is 0. The van der Waals surface area contributed by atoms with Crippen molar-refractivity contribution in [2.24, 2.45) is 0 Å². The van der Waals surface area contributed by atoms with E-state index in [-0.39, 0.29) is 6.04 Å². The minimum Gasteiger partial charge on any atom is -0.334 e. The SMILES string of the molecule is O=CN1CCc2ccccc2C1c1ccccc1. The fraction of sp³-hybridized carbons (Fsp3) is 0.188. The van der Waals surface area contributed by atoms with Crippen molar-refractivity contribution >= 4 is 6.41 Å². The fourth-order valence-corrected chi connectivity index (χ4v) is 2.71. The Hall–Kier alpha value is -2.09. The van der Waals surface area contributed by atoms with Gasteiger partial charge in [-0.1, -0.05) is 54.6 Å². The first-order chi connectivity index (χ1) is 8.90. The molecule has 0 spiro atoms. The standard InChI is InChI=1S/C16H15NO/c18-12-17-11-10-13-6-4-5-9-15(13)16(17)14-7-2-1-3-8-14/h1-9,12,16H,10-11H2. The molecule has 18 heavy (non-hydrogen) atoms. The topological polar surface area (TPSA) is 20.3 Å². The Morgan fingerprint density at radius 1 is 1.00 bits per heavy atom. The lowest BCUT2D eigenvalue weighted by atomic mass is 9.89. The summed E-state index contributed by atoms with van der Waals surface area (Å²) in [5.41, 5.74) is 3.78. The van der Waals surface area contributed by atoms with Crippen molar-refractivity contribution in [3.63, 3.8) is 0 Å². The minimum atomic E-state index is 0.0636. The second-order valence-electron chi connectivity index (χ2n) is 4.61. The molecule has 0 fully saturated rings. The monoisotopic (exact) mass is 237 g/mol. The van der Waals surface area contributed by atoms with Crippen molar-refractivity contribution in [2.45, 2.75) is 12.5 Å². The maximum atomic E-state index is 11.3. The second kappa shape index (κ2) is 4.65. The molecule has 2 aromatic carbocycles. The summed E-state index contributed by atoms with van der Waals surface area (Å²) in [6, 6.07) is 18.7. The molecule has 2 nitrogen and oxygen atoms in total. The van der Waals surface area contributed by atoms with Crippen LogP contribution in [-0.4, -0.2) is 17.9 Å². The average Bonchev–Trinajstić information content (AvgIpc) is 2.47. The number of carbonyl (C=O) groups excluding carboxylic acids is 1. The highest BCUT2D eigenvalue weighted by atomic mass is 16.1. The Balaban J connectivity index is 2.12. The molecular formula is C16H15NO. The maximum absolute atomic E-state index is 11.3. The van der Waals surface area contributed by atoms with Gasteiger partial charge in [0.2, 0.25) is 6.41 Å². The van der Waals surface area contributed by atoms with Gasteiger partial charge in [0, 0.05) is 6.54 Å². The van der Waals surface area contributed by atoms with Crippen molar-refractivity contribution in [3.05, 3.63) is 71.3 Å². The van der Waals surface area contributed by atoms with Crippen LogP contribution in [0.15, 0.2) is 54.6 Å². The van der Waals surface area contributed by atoms with E-state index in [2.05, 4.69) is 30.3 Å². The molecular weight excluding hydrogens is 222 g/mol. The summed E-state index contributed by atoms with van der Waals surface area (Å²) in [4.78, 5) is 13.2. The highest BCUT2D eigenvalue weighted by molar-refractivity contribution is 5.54. The smallest absolute Gasteiger partial charge is 0.210 e. The van der Waals surface area contributed by atoms with E-state index in [0.717, 1.165) is 19.4 Å². The third-order valence-corrected chi connectivity index (χ3v) is 3.57. The number of carbonyl (C=O) groups is 1. The molecule has 1 heterocycles. The Kier molecular flexibility index (Phi) is 2.85. The van der Waals surface area contributed by atoms with Crippen LogP contribution in [0.3, 0.4) is 0 Å². The largest absolute Gasteiger partial charge is 0.334 e. The predicted molar refractivity (Wildman–Crippen MR) is 71.2 cm³/mol. The van der Waals surface area contributed by atoms with Crippen LogP contribution in [0.1, 0.15) is 22.7 Å². The number of rotatable bonds is 2. The highest BCUT2D eigenvalue weighted by Gasteiger charge is 2.26. The molecule has 0 aromatic heterocycles. The lowest BCUT2D eigenvalue weighted by Crippen LogP contribution is -2.34. The molecule has 0 radical (unpaired) electrons. The first kappa shape index (κ1) is 11.0. The number of fused-ring (bicyclic) bond motifs is 1. The van der Waals surface area contributed by atoms with E-state index in [9.17, 15) is 4.79 Å². The van der Waals surface area contributed by atoms with Crippen LogP contribution < -0.4 is 0 Å². The Bertz CT molecular complexity index is 550. The minimum absolute atomic E-state index is 0.0636. The van der Waals surface area contributed by atoms with E-state index in [1.807, 2.05) is 29.2 Å². The van der Waals surface area contributed by atoms with E-state index in [1.54, 1.807) is 0 Å². The van der Waals surface area contributed by atoms with Gasteiger partial charge in [0.05, 0.1) is 6.04 Å². The third-order valence-electron chi connectivity index (χ3n) is 3.57. The van der Waals surface area contributed by atoms with Gasteiger partial charge in [-0.05, 0) is 23.1 Å². The molecule has 1 aliphatic heterocycles. The zero-order chi connectivity index (χ0) is 12.4. The number of benzene rings is 2. The van der Waals surface area contributed by atoms with Crippen molar-refractivity contribution in [2.75, 3.05) is 6.54 Å². The van der Waals surface area contributed by atoms with Gasteiger partial charge in [-0.15, -0.1) is 0 Å². The zero-order valence-electron chi connectivity index (χ0n) is 10.1. The molecule has 0 saturated heterocycles. The molecule has 0 saturated carbocycles. The lowest BCUT2D eigenvalue weighted by molar-refractivity contribution is -0.119. The van der Waals surface area contributed by atoms with Gasteiger partial charge >= 0.3 is 0 Å². The summed E-state index contributed by atoms with van der Waals surface area (Å²) in [7, 11) is 0. The summed E-state index contributed by atoms with van der Waals surface area (Å²) in [6.07, 6.45) is 1.91. The Morgan fingerprint density at radius 2 is 1.72 bits per heavy atom. The molecule has 2 heteroatoms. The van der Waals surface area contributed by atoms with E-state index in [4.69, 9.17) is 0 Å². The van der Waals surface area contributed by atoms with Crippen LogP contribution in [0.25, 0.3) is 0 Å². The normalized spacial score (nSPS) is 18.2. The first-order valence-electron chi connectivity index (χ1n) is 6.24. The van der Waals surface area contributed by atoms with Crippen molar-refractivity contribution in [1.82, 2.24) is 4.90 Å². The maximum Gasteiger partial charge on any atom is 0.210 e. The molecule has 0 aliphatic carbocycles. The number of hydrogen-bond donors (Lipinski definition) is 0. The van der Waals surface area contributed by atoms with Gasteiger partial charge in [0.15, 0.2) is 0 Å². The molecule has 1 aliphatic rings. The molecule has 1 unspecified atom stereocenters.